The maximum atomic E-state index is 12.3. The fourth-order valence-electron chi connectivity index (χ4n) is 2.34. The van der Waals surface area contributed by atoms with Crippen LogP contribution in [0.2, 0.25) is 15.1 Å². The second-order valence-electron chi connectivity index (χ2n) is 6.24. The van der Waals surface area contributed by atoms with Crippen LogP contribution < -0.4 is 0 Å². The van der Waals surface area contributed by atoms with Crippen LogP contribution in [0.15, 0.2) is 12.1 Å². The molecule has 0 aliphatic rings. The molecule has 0 saturated heterocycles. The molecular weight excluding hydrogens is 303 g/mol. The minimum atomic E-state index is -0.0246. The molecule has 19 heavy (non-hydrogen) atoms. The predicted molar refractivity (Wildman–Crippen MR) is 83.7 cm³/mol. The van der Waals surface area contributed by atoms with E-state index in [0.29, 0.717) is 27.1 Å². The van der Waals surface area contributed by atoms with Crippen molar-refractivity contribution < 1.29 is 4.79 Å². The van der Waals surface area contributed by atoms with Crippen LogP contribution in [0, 0.1) is 11.3 Å². The monoisotopic (exact) mass is 320 g/mol. The van der Waals surface area contributed by atoms with Crippen LogP contribution >= 0.6 is 34.8 Å². The number of hydrogen-bond acceptors (Lipinski definition) is 1. The standard InChI is InChI=1S/C15H19Cl3O/c1-9(8-15(2,3)4)5-13(19)14-11(17)6-10(16)7-12(14)18/h6-7,9H,5,8H2,1-4H3. The number of Topliss-reactive ketones (excluding diaryl/α,β-unsaturated/α-hetero) is 1. The fraction of sp³-hybridized carbons (Fsp3) is 0.533. The topological polar surface area (TPSA) is 17.1 Å². The molecule has 1 aromatic rings. The van der Waals surface area contributed by atoms with E-state index in [2.05, 4.69) is 27.7 Å². The van der Waals surface area contributed by atoms with Crippen LogP contribution in [0.25, 0.3) is 0 Å². The van der Waals surface area contributed by atoms with E-state index in [1.165, 1.54) is 0 Å². The molecule has 0 aliphatic heterocycles. The smallest absolute Gasteiger partial charge is 0.166 e. The summed E-state index contributed by atoms with van der Waals surface area (Å²) in [6, 6.07) is 3.10. The zero-order chi connectivity index (χ0) is 14.8. The second-order valence-corrected chi connectivity index (χ2v) is 7.49. The highest BCUT2D eigenvalue weighted by molar-refractivity contribution is 6.42. The molecule has 1 aromatic carbocycles. The van der Waals surface area contributed by atoms with E-state index in [9.17, 15) is 4.79 Å². The Bertz CT molecular complexity index is 452. The second kappa shape index (κ2) is 6.47. The number of benzene rings is 1. The Morgan fingerprint density at radius 3 is 2.05 bits per heavy atom. The molecule has 106 valence electrons. The molecule has 0 fully saturated rings. The van der Waals surface area contributed by atoms with Gasteiger partial charge in [0.15, 0.2) is 5.78 Å². The van der Waals surface area contributed by atoms with E-state index in [1.807, 2.05) is 0 Å². The van der Waals surface area contributed by atoms with E-state index in [0.717, 1.165) is 6.42 Å². The van der Waals surface area contributed by atoms with Gasteiger partial charge >= 0.3 is 0 Å². The molecule has 0 radical (unpaired) electrons. The van der Waals surface area contributed by atoms with Crippen molar-refractivity contribution in [1.82, 2.24) is 0 Å². The summed E-state index contributed by atoms with van der Waals surface area (Å²) in [4.78, 5) is 12.3. The number of carbonyl (C=O) groups is 1. The molecule has 1 unspecified atom stereocenters. The van der Waals surface area contributed by atoms with Crippen molar-refractivity contribution in [3.63, 3.8) is 0 Å². The van der Waals surface area contributed by atoms with Gasteiger partial charge in [0.1, 0.15) is 0 Å². The molecular formula is C15H19Cl3O. The quantitative estimate of drug-likeness (QED) is 0.595. The van der Waals surface area contributed by atoms with E-state index >= 15 is 0 Å². The van der Waals surface area contributed by atoms with Crippen molar-refractivity contribution in [1.29, 1.82) is 0 Å². The van der Waals surface area contributed by atoms with Gasteiger partial charge in [-0.2, -0.15) is 0 Å². The molecule has 0 aromatic heterocycles. The van der Waals surface area contributed by atoms with E-state index in [4.69, 9.17) is 34.8 Å². The molecule has 1 nitrogen and oxygen atoms in total. The Morgan fingerprint density at radius 2 is 1.63 bits per heavy atom. The molecule has 0 bridgehead atoms. The maximum absolute atomic E-state index is 12.3. The molecule has 0 N–H and O–H groups in total. The van der Waals surface area contributed by atoms with Crippen LogP contribution in [0.1, 0.15) is 50.9 Å². The SMILES string of the molecule is CC(CC(=O)c1c(Cl)cc(Cl)cc1Cl)CC(C)(C)C. The Balaban J connectivity index is 2.85. The average molecular weight is 322 g/mol. The third-order valence-electron chi connectivity index (χ3n) is 2.78. The Kier molecular flexibility index (Phi) is 5.73. The summed E-state index contributed by atoms with van der Waals surface area (Å²) in [6.45, 7) is 8.56. The lowest BCUT2D eigenvalue weighted by atomic mass is 9.83. The number of rotatable bonds is 4. The highest BCUT2D eigenvalue weighted by atomic mass is 35.5. The summed E-state index contributed by atoms with van der Waals surface area (Å²) in [5.74, 6) is 0.263. The lowest BCUT2D eigenvalue weighted by Crippen LogP contribution is -2.14. The van der Waals surface area contributed by atoms with Crippen molar-refractivity contribution in [2.75, 3.05) is 0 Å². The lowest BCUT2D eigenvalue weighted by molar-refractivity contribution is 0.0954. The van der Waals surface area contributed by atoms with E-state index in [1.54, 1.807) is 12.1 Å². The van der Waals surface area contributed by atoms with Crippen molar-refractivity contribution in [2.45, 2.75) is 40.5 Å². The largest absolute Gasteiger partial charge is 0.294 e. The van der Waals surface area contributed by atoms with Crippen LogP contribution in [-0.4, -0.2) is 5.78 Å². The molecule has 4 heteroatoms. The third-order valence-corrected chi connectivity index (χ3v) is 3.59. The van der Waals surface area contributed by atoms with Crippen molar-refractivity contribution in [3.8, 4) is 0 Å². The molecule has 0 amide bonds. The minimum Gasteiger partial charge on any atom is -0.294 e. The van der Waals surface area contributed by atoms with Crippen LogP contribution in [-0.2, 0) is 0 Å². The van der Waals surface area contributed by atoms with Crippen molar-refractivity contribution in [2.24, 2.45) is 11.3 Å². The molecule has 0 spiro atoms. The lowest BCUT2D eigenvalue weighted by Gasteiger charge is -2.23. The van der Waals surface area contributed by atoms with Gasteiger partial charge in [-0.25, -0.2) is 0 Å². The van der Waals surface area contributed by atoms with E-state index in [-0.39, 0.29) is 17.1 Å². The zero-order valence-corrected chi connectivity index (χ0v) is 14.0. The Morgan fingerprint density at radius 1 is 1.16 bits per heavy atom. The number of halogens is 3. The summed E-state index contributed by atoms with van der Waals surface area (Å²) in [6.07, 6.45) is 1.42. The predicted octanol–water partition coefficient (Wildman–Crippen LogP) is 6.29. The van der Waals surface area contributed by atoms with Crippen LogP contribution in [0.5, 0.6) is 0 Å². The van der Waals surface area contributed by atoms with Gasteiger partial charge in [-0.15, -0.1) is 0 Å². The van der Waals surface area contributed by atoms with Gasteiger partial charge in [0.2, 0.25) is 0 Å². The summed E-state index contributed by atoms with van der Waals surface area (Å²) in [5.41, 5.74) is 0.585. The first-order valence-electron chi connectivity index (χ1n) is 6.28. The molecule has 1 rings (SSSR count). The van der Waals surface area contributed by atoms with Gasteiger partial charge in [-0.1, -0.05) is 62.5 Å². The van der Waals surface area contributed by atoms with Gasteiger partial charge in [-0.05, 0) is 29.9 Å². The van der Waals surface area contributed by atoms with Crippen LogP contribution in [0.3, 0.4) is 0 Å². The van der Waals surface area contributed by atoms with Crippen molar-refractivity contribution in [3.05, 3.63) is 32.8 Å². The average Bonchev–Trinajstić information content (AvgIpc) is 2.10. The maximum Gasteiger partial charge on any atom is 0.166 e. The van der Waals surface area contributed by atoms with Gasteiger partial charge in [0, 0.05) is 11.4 Å². The van der Waals surface area contributed by atoms with Gasteiger partial charge in [0.25, 0.3) is 0 Å². The Labute approximate surface area is 130 Å². The number of ketones is 1. The summed E-state index contributed by atoms with van der Waals surface area (Å²) >= 11 is 18.0. The normalized spacial score (nSPS) is 13.4. The molecule has 0 aliphatic carbocycles. The highest BCUT2D eigenvalue weighted by Crippen LogP contribution is 2.32. The van der Waals surface area contributed by atoms with Crippen LogP contribution in [0.4, 0.5) is 0 Å². The van der Waals surface area contributed by atoms with Gasteiger partial charge in [0.05, 0.1) is 15.6 Å². The molecule has 0 saturated carbocycles. The molecule has 1 atom stereocenters. The van der Waals surface area contributed by atoms with Gasteiger partial charge < -0.3 is 0 Å². The fourth-order valence-corrected chi connectivity index (χ4v) is 3.37. The van der Waals surface area contributed by atoms with E-state index < -0.39 is 0 Å². The summed E-state index contributed by atoms with van der Waals surface area (Å²) in [5, 5.41) is 1.09. The first-order valence-corrected chi connectivity index (χ1v) is 7.41. The molecule has 0 heterocycles. The first kappa shape index (κ1) is 16.8. The highest BCUT2D eigenvalue weighted by Gasteiger charge is 2.21. The summed E-state index contributed by atoms with van der Waals surface area (Å²) in [7, 11) is 0. The van der Waals surface area contributed by atoms with Gasteiger partial charge in [-0.3, -0.25) is 4.79 Å². The Hall–Kier alpha value is -0.240. The zero-order valence-electron chi connectivity index (χ0n) is 11.7. The number of carbonyl (C=O) groups excluding carboxylic acids is 1. The number of hydrogen-bond donors (Lipinski definition) is 0. The third kappa shape index (κ3) is 5.33. The van der Waals surface area contributed by atoms with Crippen molar-refractivity contribution >= 4 is 40.6 Å². The summed E-state index contributed by atoms with van der Waals surface area (Å²) < 4.78 is 0. The minimum absolute atomic E-state index is 0.0246. The first-order chi connectivity index (χ1) is 8.60.